The van der Waals surface area contributed by atoms with Gasteiger partial charge in [0, 0.05) is 38.1 Å². The molecule has 1 amide bonds. The van der Waals surface area contributed by atoms with Crippen molar-refractivity contribution in [2.45, 2.75) is 78.0 Å². The summed E-state index contributed by atoms with van der Waals surface area (Å²) in [6, 6.07) is 0.237. The van der Waals surface area contributed by atoms with Crippen LogP contribution in [0.4, 0.5) is 4.79 Å². The fraction of sp³-hybridized carbons (Fsp3) is 0.773. The number of carbonyl (C=O) groups excluding carboxylic acids is 1. The van der Waals surface area contributed by atoms with Crippen molar-refractivity contribution < 1.29 is 9.53 Å². The normalized spacial score (nSPS) is 18.4. The summed E-state index contributed by atoms with van der Waals surface area (Å²) in [5.74, 6) is 1.56. The number of ether oxygens (including phenoxy) is 1. The number of carbonyl (C=O) groups is 1. The molecule has 0 spiro atoms. The second kappa shape index (κ2) is 9.98. The van der Waals surface area contributed by atoms with Gasteiger partial charge in [-0.15, -0.1) is 11.3 Å². The number of aryl methyl sites for hydroxylation is 1. The van der Waals surface area contributed by atoms with Crippen LogP contribution in [-0.4, -0.2) is 65.2 Å². The summed E-state index contributed by atoms with van der Waals surface area (Å²) in [5, 5.41) is 6.73. The monoisotopic (exact) mass is 435 g/mol. The third-order valence-electron chi connectivity index (χ3n) is 5.53. The predicted molar refractivity (Wildman–Crippen MR) is 122 cm³/mol. The largest absolute Gasteiger partial charge is 0.444 e. The van der Waals surface area contributed by atoms with Crippen LogP contribution in [-0.2, 0) is 17.7 Å². The van der Waals surface area contributed by atoms with Gasteiger partial charge in [-0.25, -0.2) is 9.78 Å². The Labute approximate surface area is 184 Å². The maximum Gasteiger partial charge on any atom is 0.410 e. The standard InChI is InChI=1S/C22H37N5O2S/c1-6-19-25-17(15-30-19)13-24-20(23-5)26-11-9-18(10-12-26)27(14-16-7-8-16)21(28)29-22(2,3)4/h15-16,18H,6-14H2,1-5H3,(H,23,24). The van der Waals surface area contributed by atoms with Crippen molar-refractivity contribution in [1.82, 2.24) is 20.1 Å². The molecule has 1 aliphatic heterocycles. The van der Waals surface area contributed by atoms with E-state index in [2.05, 4.69) is 32.5 Å². The maximum absolute atomic E-state index is 12.8. The summed E-state index contributed by atoms with van der Waals surface area (Å²) in [4.78, 5) is 26.2. The highest BCUT2D eigenvalue weighted by Gasteiger charge is 2.35. The number of likely N-dealkylation sites (tertiary alicyclic amines) is 1. The summed E-state index contributed by atoms with van der Waals surface area (Å²) in [7, 11) is 1.83. The first-order chi connectivity index (χ1) is 14.3. The Hall–Kier alpha value is -1.83. The second-order valence-corrected chi connectivity index (χ2v) is 10.2. The van der Waals surface area contributed by atoms with Gasteiger partial charge in [-0.1, -0.05) is 6.92 Å². The lowest BCUT2D eigenvalue weighted by Crippen LogP contribution is -2.52. The van der Waals surface area contributed by atoms with Crippen molar-refractivity contribution in [1.29, 1.82) is 0 Å². The van der Waals surface area contributed by atoms with Gasteiger partial charge in [0.15, 0.2) is 5.96 Å². The van der Waals surface area contributed by atoms with Crippen molar-refractivity contribution >= 4 is 23.4 Å². The first kappa shape index (κ1) is 22.8. The number of thiazole rings is 1. The molecule has 8 heteroatoms. The molecule has 1 aliphatic carbocycles. The summed E-state index contributed by atoms with van der Waals surface area (Å²) in [6.07, 6.45) is 5.13. The number of hydrogen-bond acceptors (Lipinski definition) is 5. The molecule has 0 bridgehead atoms. The van der Waals surface area contributed by atoms with Crippen LogP contribution in [0.25, 0.3) is 0 Å². The van der Waals surface area contributed by atoms with E-state index in [-0.39, 0.29) is 12.1 Å². The zero-order chi connectivity index (χ0) is 21.7. The molecule has 0 atom stereocenters. The molecule has 2 aliphatic rings. The number of guanidine groups is 1. The van der Waals surface area contributed by atoms with E-state index in [9.17, 15) is 4.79 Å². The number of nitrogens with zero attached hydrogens (tertiary/aromatic N) is 4. The SMILES string of the molecule is CCc1nc(CNC(=NC)N2CCC(N(CC3CC3)C(=O)OC(C)(C)C)CC2)cs1. The molecule has 2 fully saturated rings. The third-order valence-corrected chi connectivity index (χ3v) is 6.57. The van der Waals surface area contributed by atoms with E-state index < -0.39 is 5.60 Å². The van der Waals surface area contributed by atoms with Crippen LogP contribution in [0, 0.1) is 5.92 Å². The minimum Gasteiger partial charge on any atom is -0.444 e. The van der Waals surface area contributed by atoms with E-state index in [1.807, 2.05) is 32.7 Å². The summed E-state index contributed by atoms with van der Waals surface area (Å²) < 4.78 is 5.71. The number of aromatic nitrogens is 1. The van der Waals surface area contributed by atoms with Crippen molar-refractivity contribution in [2.24, 2.45) is 10.9 Å². The Morgan fingerprint density at radius 3 is 2.57 bits per heavy atom. The number of nitrogens with one attached hydrogen (secondary N) is 1. The number of aliphatic imine (C=N–C) groups is 1. The van der Waals surface area contributed by atoms with Crippen molar-refractivity contribution in [2.75, 3.05) is 26.7 Å². The van der Waals surface area contributed by atoms with Gasteiger partial charge in [-0.3, -0.25) is 4.99 Å². The molecule has 1 aromatic rings. The lowest BCUT2D eigenvalue weighted by Gasteiger charge is -2.40. The minimum atomic E-state index is -0.459. The molecule has 0 radical (unpaired) electrons. The smallest absolute Gasteiger partial charge is 0.410 e. The lowest BCUT2D eigenvalue weighted by atomic mass is 10.0. The molecule has 30 heavy (non-hydrogen) atoms. The number of hydrogen-bond donors (Lipinski definition) is 1. The fourth-order valence-corrected chi connectivity index (χ4v) is 4.50. The van der Waals surface area contributed by atoms with E-state index >= 15 is 0 Å². The quantitative estimate of drug-likeness (QED) is 0.542. The van der Waals surface area contributed by atoms with Gasteiger partial charge in [0.1, 0.15) is 5.60 Å². The Morgan fingerprint density at radius 1 is 1.33 bits per heavy atom. The Balaban J connectivity index is 1.53. The number of amides is 1. The van der Waals surface area contributed by atoms with Gasteiger partial charge in [0.25, 0.3) is 0 Å². The molecule has 168 valence electrons. The van der Waals surface area contributed by atoms with Crippen LogP contribution in [0.3, 0.4) is 0 Å². The highest BCUT2D eigenvalue weighted by atomic mass is 32.1. The van der Waals surface area contributed by atoms with Crippen LogP contribution in [0.15, 0.2) is 10.4 Å². The van der Waals surface area contributed by atoms with Crippen molar-refractivity contribution in [3.8, 4) is 0 Å². The molecule has 0 unspecified atom stereocenters. The minimum absolute atomic E-state index is 0.161. The summed E-state index contributed by atoms with van der Waals surface area (Å²) in [5.41, 5.74) is 0.604. The van der Waals surface area contributed by atoms with Gasteiger partial charge in [-0.05, 0) is 58.8 Å². The fourth-order valence-electron chi connectivity index (χ4n) is 3.76. The molecule has 7 nitrogen and oxygen atoms in total. The van der Waals surface area contributed by atoms with Gasteiger partial charge in [-0.2, -0.15) is 0 Å². The van der Waals surface area contributed by atoms with E-state index in [0.29, 0.717) is 12.5 Å². The molecule has 1 saturated carbocycles. The van der Waals surface area contributed by atoms with E-state index in [1.165, 1.54) is 17.8 Å². The zero-order valence-corrected chi connectivity index (χ0v) is 19.9. The maximum atomic E-state index is 12.8. The molecular weight excluding hydrogens is 398 g/mol. The van der Waals surface area contributed by atoms with Crippen LogP contribution in [0.2, 0.25) is 0 Å². The Kier molecular flexibility index (Phi) is 7.60. The van der Waals surface area contributed by atoms with Gasteiger partial charge in [0.05, 0.1) is 17.2 Å². The highest BCUT2D eigenvalue weighted by Crippen LogP contribution is 2.32. The average Bonchev–Trinajstić information content (AvgIpc) is 3.41. The van der Waals surface area contributed by atoms with Gasteiger partial charge >= 0.3 is 6.09 Å². The first-order valence-corrected chi connectivity index (χ1v) is 12.1. The average molecular weight is 436 g/mol. The van der Waals surface area contributed by atoms with Gasteiger partial charge < -0.3 is 19.9 Å². The van der Waals surface area contributed by atoms with Crippen molar-refractivity contribution in [3.63, 3.8) is 0 Å². The van der Waals surface area contributed by atoms with Gasteiger partial charge in [0.2, 0.25) is 0 Å². The van der Waals surface area contributed by atoms with E-state index in [4.69, 9.17) is 4.74 Å². The molecule has 2 heterocycles. The van der Waals surface area contributed by atoms with Crippen LogP contribution >= 0.6 is 11.3 Å². The molecule has 1 N–H and O–H groups in total. The van der Waals surface area contributed by atoms with Crippen LogP contribution in [0.1, 0.15) is 64.1 Å². The Bertz CT molecular complexity index is 730. The second-order valence-electron chi connectivity index (χ2n) is 9.28. The predicted octanol–water partition coefficient (Wildman–Crippen LogP) is 3.89. The molecule has 1 aromatic heterocycles. The molecular formula is C22H37N5O2S. The zero-order valence-electron chi connectivity index (χ0n) is 19.1. The highest BCUT2D eigenvalue weighted by molar-refractivity contribution is 7.09. The molecule has 1 saturated heterocycles. The number of rotatable bonds is 6. The van der Waals surface area contributed by atoms with E-state index in [1.54, 1.807) is 11.3 Å². The third kappa shape index (κ3) is 6.59. The number of piperidine rings is 1. The Morgan fingerprint density at radius 2 is 2.03 bits per heavy atom. The molecule has 0 aromatic carbocycles. The summed E-state index contributed by atoms with van der Waals surface area (Å²) in [6.45, 7) is 11.2. The lowest BCUT2D eigenvalue weighted by molar-refractivity contribution is 0.00928. The van der Waals surface area contributed by atoms with Crippen LogP contribution in [0.5, 0.6) is 0 Å². The van der Waals surface area contributed by atoms with Crippen LogP contribution < -0.4 is 5.32 Å². The summed E-state index contributed by atoms with van der Waals surface area (Å²) >= 11 is 1.71. The first-order valence-electron chi connectivity index (χ1n) is 11.2. The molecule has 3 rings (SSSR count). The topological polar surface area (TPSA) is 70.1 Å². The van der Waals surface area contributed by atoms with E-state index in [0.717, 1.165) is 50.6 Å². The van der Waals surface area contributed by atoms with Crippen molar-refractivity contribution in [3.05, 3.63) is 16.1 Å².